The van der Waals surface area contributed by atoms with Gasteiger partial charge in [-0.15, -0.1) is 0 Å². The van der Waals surface area contributed by atoms with Crippen molar-refractivity contribution in [1.82, 2.24) is 14.9 Å². The normalized spacial score (nSPS) is 17.1. The highest BCUT2D eigenvalue weighted by Crippen LogP contribution is 2.16. The van der Waals surface area contributed by atoms with Crippen molar-refractivity contribution < 1.29 is 4.74 Å². The Labute approximate surface area is 109 Å². The molecule has 0 unspecified atom stereocenters. The molecule has 0 aliphatic carbocycles. The van der Waals surface area contributed by atoms with Crippen LogP contribution in [0, 0.1) is 5.92 Å². The Bertz CT molecular complexity index is 349. The number of aromatic nitrogens is 2. The Morgan fingerprint density at radius 3 is 2.72 bits per heavy atom. The Hall–Kier alpha value is -1.20. The molecule has 2 heterocycles. The molecule has 1 N–H and O–H groups in total. The summed E-state index contributed by atoms with van der Waals surface area (Å²) in [5, 5.41) is 2.97. The van der Waals surface area contributed by atoms with Gasteiger partial charge in [0.1, 0.15) is 5.82 Å². The Morgan fingerprint density at radius 1 is 1.33 bits per heavy atom. The summed E-state index contributed by atoms with van der Waals surface area (Å²) >= 11 is 0. The van der Waals surface area contributed by atoms with Crippen molar-refractivity contribution in [2.45, 2.75) is 19.4 Å². The van der Waals surface area contributed by atoms with Gasteiger partial charge in [-0.1, -0.05) is 0 Å². The van der Waals surface area contributed by atoms with Crippen LogP contribution in [0.3, 0.4) is 0 Å². The SMILES string of the molecule is CNc1cnc(CN(C)CC2CCOCC2)cn1. The molecule has 1 aromatic heterocycles. The molecular weight excluding hydrogens is 228 g/mol. The van der Waals surface area contributed by atoms with Crippen LogP contribution in [0.1, 0.15) is 18.5 Å². The molecule has 1 aliphatic rings. The van der Waals surface area contributed by atoms with E-state index in [2.05, 4.69) is 27.2 Å². The summed E-state index contributed by atoms with van der Waals surface area (Å²) in [5.41, 5.74) is 1.02. The van der Waals surface area contributed by atoms with Gasteiger partial charge in [-0.3, -0.25) is 4.98 Å². The number of hydrogen-bond acceptors (Lipinski definition) is 5. The van der Waals surface area contributed by atoms with Crippen LogP contribution in [-0.4, -0.2) is 48.7 Å². The molecule has 0 bridgehead atoms. The molecule has 5 heteroatoms. The molecule has 0 radical (unpaired) electrons. The van der Waals surface area contributed by atoms with E-state index in [-0.39, 0.29) is 0 Å². The van der Waals surface area contributed by atoms with Crippen LogP contribution in [0.15, 0.2) is 12.4 Å². The van der Waals surface area contributed by atoms with E-state index in [1.807, 2.05) is 13.2 Å². The highest BCUT2D eigenvalue weighted by atomic mass is 16.5. The van der Waals surface area contributed by atoms with Gasteiger partial charge in [-0.05, 0) is 25.8 Å². The van der Waals surface area contributed by atoms with Crippen molar-refractivity contribution in [3.63, 3.8) is 0 Å². The van der Waals surface area contributed by atoms with Crippen molar-refractivity contribution in [1.29, 1.82) is 0 Å². The number of rotatable bonds is 5. The fourth-order valence-electron chi connectivity index (χ4n) is 2.28. The second-order valence-corrected chi connectivity index (χ2v) is 4.90. The molecule has 5 nitrogen and oxygen atoms in total. The molecule has 18 heavy (non-hydrogen) atoms. The maximum atomic E-state index is 5.38. The lowest BCUT2D eigenvalue weighted by Gasteiger charge is -2.26. The predicted octanol–water partition coefficient (Wildman–Crippen LogP) is 1.38. The van der Waals surface area contributed by atoms with E-state index >= 15 is 0 Å². The lowest BCUT2D eigenvalue weighted by Crippen LogP contribution is -2.29. The Kier molecular flexibility index (Phi) is 4.90. The number of nitrogens with one attached hydrogen (secondary N) is 1. The molecule has 1 saturated heterocycles. The third-order valence-electron chi connectivity index (χ3n) is 3.30. The fourth-order valence-corrected chi connectivity index (χ4v) is 2.28. The zero-order valence-electron chi connectivity index (χ0n) is 11.2. The number of anilines is 1. The summed E-state index contributed by atoms with van der Waals surface area (Å²) < 4.78 is 5.38. The van der Waals surface area contributed by atoms with Gasteiger partial charge in [-0.25, -0.2) is 4.98 Å². The Balaban J connectivity index is 1.80. The molecule has 0 amide bonds. The first-order valence-electron chi connectivity index (χ1n) is 6.53. The van der Waals surface area contributed by atoms with Gasteiger partial charge in [0.25, 0.3) is 0 Å². The zero-order valence-corrected chi connectivity index (χ0v) is 11.2. The zero-order chi connectivity index (χ0) is 12.8. The fraction of sp³-hybridized carbons (Fsp3) is 0.692. The van der Waals surface area contributed by atoms with E-state index < -0.39 is 0 Å². The van der Waals surface area contributed by atoms with E-state index in [0.29, 0.717) is 0 Å². The summed E-state index contributed by atoms with van der Waals surface area (Å²) in [6.07, 6.45) is 5.97. The minimum atomic E-state index is 0.758. The van der Waals surface area contributed by atoms with E-state index in [0.717, 1.165) is 43.7 Å². The summed E-state index contributed by atoms with van der Waals surface area (Å²) in [5.74, 6) is 1.57. The minimum Gasteiger partial charge on any atom is -0.381 e. The predicted molar refractivity (Wildman–Crippen MR) is 71.5 cm³/mol. The molecule has 1 fully saturated rings. The Morgan fingerprint density at radius 2 is 2.11 bits per heavy atom. The number of ether oxygens (including phenoxy) is 1. The van der Waals surface area contributed by atoms with Crippen LogP contribution in [0.5, 0.6) is 0 Å². The maximum absolute atomic E-state index is 5.38. The van der Waals surface area contributed by atoms with Gasteiger partial charge in [0.05, 0.1) is 18.1 Å². The molecule has 1 aliphatic heterocycles. The second kappa shape index (κ2) is 6.66. The molecular formula is C13H22N4O. The summed E-state index contributed by atoms with van der Waals surface area (Å²) in [6, 6.07) is 0. The second-order valence-electron chi connectivity index (χ2n) is 4.90. The molecule has 1 aromatic rings. The lowest BCUT2D eigenvalue weighted by atomic mass is 10.00. The van der Waals surface area contributed by atoms with Crippen LogP contribution in [0.2, 0.25) is 0 Å². The molecule has 0 aromatic carbocycles. The highest BCUT2D eigenvalue weighted by Gasteiger charge is 2.15. The summed E-state index contributed by atoms with van der Waals surface area (Å²) in [4.78, 5) is 11.0. The quantitative estimate of drug-likeness (QED) is 0.855. The van der Waals surface area contributed by atoms with Crippen molar-refractivity contribution in [3.05, 3.63) is 18.1 Å². The minimum absolute atomic E-state index is 0.758. The van der Waals surface area contributed by atoms with E-state index in [9.17, 15) is 0 Å². The maximum Gasteiger partial charge on any atom is 0.144 e. The van der Waals surface area contributed by atoms with Gasteiger partial charge in [0.2, 0.25) is 0 Å². The van der Waals surface area contributed by atoms with Crippen LogP contribution >= 0.6 is 0 Å². The van der Waals surface area contributed by atoms with E-state index in [4.69, 9.17) is 4.74 Å². The highest BCUT2D eigenvalue weighted by molar-refractivity contribution is 5.29. The van der Waals surface area contributed by atoms with Crippen molar-refractivity contribution >= 4 is 5.82 Å². The van der Waals surface area contributed by atoms with E-state index in [1.165, 1.54) is 12.8 Å². The molecule has 0 spiro atoms. The smallest absolute Gasteiger partial charge is 0.144 e. The van der Waals surface area contributed by atoms with Crippen molar-refractivity contribution in [2.24, 2.45) is 5.92 Å². The average molecular weight is 250 g/mol. The first kappa shape index (κ1) is 13.2. The standard InChI is InChI=1S/C13H22N4O/c1-14-13-8-15-12(7-16-13)10-17(2)9-11-3-5-18-6-4-11/h7-8,11H,3-6,9-10H2,1-2H3,(H,14,16). The van der Waals surface area contributed by atoms with Crippen LogP contribution in [0.25, 0.3) is 0 Å². The third kappa shape index (κ3) is 3.92. The van der Waals surface area contributed by atoms with Gasteiger partial charge < -0.3 is 15.0 Å². The number of nitrogens with zero attached hydrogens (tertiary/aromatic N) is 3. The first-order chi connectivity index (χ1) is 8.78. The molecule has 2 rings (SSSR count). The van der Waals surface area contributed by atoms with Gasteiger partial charge in [0.15, 0.2) is 0 Å². The summed E-state index contributed by atoms with van der Waals surface area (Å²) in [7, 11) is 3.99. The van der Waals surface area contributed by atoms with Gasteiger partial charge in [0, 0.05) is 33.4 Å². The van der Waals surface area contributed by atoms with Crippen LogP contribution in [0.4, 0.5) is 5.82 Å². The molecule has 0 atom stereocenters. The molecule has 100 valence electrons. The van der Waals surface area contributed by atoms with Crippen molar-refractivity contribution in [2.75, 3.05) is 39.2 Å². The molecule has 0 saturated carbocycles. The van der Waals surface area contributed by atoms with Gasteiger partial charge >= 0.3 is 0 Å². The van der Waals surface area contributed by atoms with E-state index in [1.54, 1.807) is 6.20 Å². The number of hydrogen-bond donors (Lipinski definition) is 1. The van der Waals surface area contributed by atoms with Crippen LogP contribution in [-0.2, 0) is 11.3 Å². The third-order valence-corrected chi connectivity index (χ3v) is 3.30. The first-order valence-corrected chi connectivity index (χ1v) is 6.53. The average Bonchev–Trinajstić information content (AvgIpc) is 2.40. The van der Waals surface area contributed by atoms with Crippen LogP contribution < -0.4 is 5.32 Å². The lowest BCUT2D eigenvalue weighted by molar-refractivity contribution is 0.0548. The largest absolute Gasteiger partial charge is 0.381 e. The van der Waals surface area contributed by atoms with Crippen molar-refractivity contribution in [3.8, 4) is 0 Å². The topological polar surface area (TPSA) is 50.3 Å². The monoisotopic (exact) mass is 250 g/mol. The van der Waals surface area contributed by atoms with Gasteiger partial charge in [-0.2, -0.15) is 0 Å². The summed E-state index contributed by atoms with van der Waals surface area (Å²) in [6.45, 7) is 3.79.